The summed E-state index contributed by atoms with van der Waals surface area (Å²) in [6.07, 6.45) is 3.97. The zero-order valence-electron chi connectivity index (χ0n) is 20.1. The molecule has 2 aromatic carbocycles. The maximum Gasteiger partial charge on any atom is 0.266 e. The molecule has 36 heavy (non-hydrogen) atoms. The lowest BCUT2D eigenvalue weighted by molar-refractivity contribution is -0.125. The molecule has 3 atom stereocenters. The fraction of sp³-hybridized carbons (Fsp3) is 0.393. The van der Waals surface area contributed by atoms with Gasteiger partial charge in [-0.3, -0.25) is 24.2 Å². The van der Waals surface area contributed by atoms with Gasteiger partial charge in [0.25, 0.3) is 11.8 Å². The smallest absolute Gasteiger partial charge is 0.266 e. The van der Waals surface area contributed by atoms with Gasteiger partial charge in [-0.25, -0.2) is 0 Å². The standard InChI is InChI=1S/C28H29N3O5/c1-17-5-12-23(26(32)29-17)31-27(33)22-3-2-4-24(25(22)28(31)34)35-16-19-8-6-18(7-9-19)13-30-14-20-10-11-21(15-30)36-20/h2-4,6-9,20-21,23H,1,5,10-16H2,(H,29,32). The van der Waals surface area contributed by atoms with E-state index in [2.05, 4.69) is 28.9 Å². The lowest BCUT2D eigenvalue weighted by Gasteiger charge is -2.32. The molecule has 0 saturated carbocycles. The van der Waals surface area contributed by atoms with Crippen molar-refractivity contribution >= 4 is 17.7 Å². The summed E-state index contributed by atoms with van der Waals surface area (Å²) >= 11 is 0. The third-order valence-electron chi connectivity index (χ3n) is 7.48. The Morgan fingerprint density at radius 1 is 0.944 bits per heavy atom. The number of rotatable bonds is 6. The van der Waals surface area contributed by atoms with Crippen molar-refractivity contribution in [2.45, 2.75) is 57.1 Å². The van der Waals surface area contributed by atoms with E-state index in [9.17, 15) is 14.4 Å². The van der Waals surface area contributed by atoms with Crippen molar-refractivity contribution in [3.8, 4) is 5.75 Å². The number of ether oxygens (including phenoxy) is 2. The SMILES string of the molecule is C=C1CCC(N2C(=O)c3cccc(OCc4ccc(CN5CC6CCC(C5)O6)cc4)c3C2=O)C(=O)N1. The first-order valence-electron chi connectivity index (χ1n) is 12.5. The molecule has 4 aliphatic rings. The van der Waals surface area contributed by atoms with Crippen LogP contribution < -0.4 is 10.1 Å². The van der Waals surface area contributed by atoms with Gasteiger partial charge in [-0.2, -0.15) is 0 Å². The molecular formula is C28H29N3O5. The number of morpholine rings is 1. The van der Waals surface area contributed by atoms with Gasteiger partial charge in [-0.05, 0) is 48.9 Å². The van der Waals surface area contributed by atoms with Crippen molar-refractivity contribution in [1.82, 2.24) is 15.1 Å². The lowest BCUT2D eigenvalue weighted by atomic mass is 10.0. The average Bonchev–Trinajstić information content (AvgIpc) is 3.34. The van der Waals surface area contributed by atoms with Crippen LogP contribution in [0.3, 0.4) is 0 Å². The topological polar surface area (TPSA) is 88.2 Å². The van der Waals surface area contributed by atoms with Gasteiger partial charge in [0.15, 0.2) is 0 Å². The highest BCUT2D eigenvalue weighted by Gasteiger charge is 2.45. The Labute approximate surface area is 209 Å². The number of benzene rings is 2. The molecule has 3 amide bonds. The quantitative estimate of drug-likeness (QED) is 0.631. The van der Waals surface area contributed by atoms with Gasteiger partial charge in [0.05, 0.1) is 23.3 Å². The molecule has 0 spiro atoms. The van der Waals surface area contributed by atoms with E-state index in [0.717, 1.165) is 42.9 Å². The summed E-state index contributed by atoms with van der Waals surface area (Å²) in [5.74, 6) is -0.989. The Morgan fingerprint density at radius 2 is 1.67 bits per heavy atom. The van der Waals surface area contributed by atoms with Crippen LogP contribution in [0, 0.1) is 0 Å². The largest absolute Gasteiger partial charge is 0.488 e. The highest BCUT2D eigenvalue weighted by atomic mass is 16.5. The Bertz CT molecular complexity index is 1230. The van der Waals surface area contributed by atoms with E-state index >= 15 is 0 Å². The molecule has 3 saturated heterocycles. The van der Waals surface area contributed by atoms with Gasteiger partial charge in [-0.15, -0.1) is 0 Å². The maximum absolute atomic E-state index is 13.3. The van der Waals surface area contributed by atoms with Gasteiger partial charge in [0, 0.05) is 25.3 Å². The third-order valence-corrected chi connectivity index (χ3v) is 7.48. The zero-order valence-corrected chi connectivity index (χ0v) is 20.1. The van der Waals surface area contributed by atoms with Crippen LogP contribution in [0.15, 0.2) is 54.7 Å². The molecule has 3 fully saturated rings. The van der Waals surface area contributed by atoms with Crippen LogP contribution in [0.25, 0.3) is 0 Å². The summed E-state index contributed by atoms with van der Waals surface area (Å²) in [6.45, 7) is 6.91. The number of imide groups is 1. The highest BCUT2D eigenvalue weighted by Crippen LogP contribution is 2.34. The van der Waals surface area contributed by atoms with E-state index < -0.39 is 17.9 Å². The fourth-order valence-electron chi connectivity index (χ4n) is 5.67. The summed E-state index contributed by atoms with van der Waals surface area (Å²) < 4.78 is 11.9. The molecule has 6 rings (SSSR count). The second kappa shape index (κ2) is 9.19. The number of fused-ring (bicyclic) bond motifs is 3. The van der Waals surface area contributed by atoms with Gasteiger partial charge in [-0.1, -0.05) is 36.9 Å². The first-order chi connectivity index (χ1) is 17.5. The normalized spacial score (nSPS) is 25.8. The number of nitrogens with one attached hydrogen (secondary N) is 1. The molecule has 0 aromatic heterocycles. The summed E-state index contributed by atoms with van der Waals surface area (Å²) in [5, 5.41) is 2.65. The summed E-state index contributed by atoms with van der Waals surface area (Å²) in [4.78, 5) is 42.3. The van der Waals surface area contributed by atoms with E-state index in [-0.39, 0.29) is 23.6 Å². The van der Waals surface area contributed by atoms with Crippen LogP contribution in [0.2, 0.25) is 0 Å². The van der Waals surface area contributed by atoms with Gasteiger partial charge in [0.1, 0.15) is 18.4 Å². The molecule has 0 aliphatic carbocycles. The predicted molar refractivity (Wildman–Crippen MR) is 131 cm³/mol. The molecule has 186 valence electrons. The Hall–Kier alpha value is -3.49. The third kappa shape index (κ3) is 4.20. The van der Waals surface area contributed by atoms with Crippen molar-refractivity contribution in [2.75, 3.05) is 13.1 Å². The van der Waals surface area contributed by atoms with Gasteiger partial charge >= 0.3 is 0 Å². The fourth-order valence-corrected chi connectivity index (χ4v) is 5.67. The van der Waals surface area contributed by atoms with E-state index in [4.69, 9.17) is 9.47 Å². The monoisotopic (exact) mass is 487 g/mol. The summed E-state index contributed by atoms with van der Waals surface area (Å²) in [5.41, 5.74) is 3.30. The van der Waals surface area contributed by atoms with E-state index in [1.165, 1.54) is 5.56 Å². The second-order valence-electron chi connectivity index (χ2n) is 10.1. The Morgan fingerprint density at radius 3 is 2.39 bits per heavy atom. The first kappa shape index (κ1) is 22.9. The van der Waals surface area contributed by atoms with Gasteiger partial charge < -0.3 is 14.8 Å². The minimum atomic E-state index is -0.843. The van der Waals surface area contributed by atoms with Crippen molar-refractivity contribution in [3.63, 3.8) is 0 Å². The number of likely N-dealkylation sites (tertiary alicyclic amines) is 1. The minimum absolute atomic E-state index is 0.221. The first-order valence-corrected chi connectivity index (χ1v) is 12.5. The molecule has 4 aliphatic heterocycles. The van der Waals surface area contributed by atoms with E-state index in [1.54, 1.807) is 18.2 Å². The maximum atomic E-state index is 13.3. The molecule has 8 heteroatoms. The van der Waals surface area contributed by atoms with Crippen molar-refractivity contribution in [1.29, 1.82) is 0 Å². The highest BCUT2D eigenvalue weighted by molar-refractivity contribution is 6.24. The molecule has 8 nitrogen and oxygen atoms in total. The van der Waals surface area contributed by atoms with Crippen LogP contribution in [0.4, 0.5) is 0 Å². The molecule has 2 bridgehead atoms. The van der Waals surface area contributed by atoms with Crippen molar-refractivity contribution in [2.24, 2.45) is 0 Å². The van der Waals surface area contributed by atoms with E-state index in [1.807, 2.05) is 12.1 Å². The van der Waals surface area contributed by atoms with Crippen LogP contribution in [-0.4, -0.2) is 58.9 Å². The van der Waals surface area contributed by atoms with Crippen molar-refractivity contribution in [3.05, 3.63) is 77.0 Å². The molecule has 4 heterocycles. The number of hydrogen-bond acceptors (Lipinski definition) is 6. The number of piperidine rings is 1. The van der Waals surface area contributed by atoms with Crippen LogP contribution in [0.1, 0.15) is 57.5 Å². The van der Waals surface area contributed by atoms with E-state index in [0.29, 0.717) is 36.5 Å². The summed E-state index contributed by atoms with van der Waals surface area (Å²) in [6, 6.07) is 12.4. The minimum Gasteiger partial charge on any atom is -0.488 e. The Kier molecular flexibility index (Phi) is 5.85. The number of carbonyl (C=O) groups excluding carboxylic acids is 3. The molecule has 1 N–H and O–H groups in total. The molecule has 3 unspecified atom stereocenters. The van der Waals surface area contributed by atoms with Crippen LogP contribution in [-0.2, 0) is 22.7 Å². The predicted octanol–water partition coefficient (Wildman–Crippen LogP) is 3.02. The van der Waals surface area contributed by atoms with Crippen molar-refractivity contribution < 1.29 is 23.9 Å². The number of nitrogens with zero attached hydrogens (tertiary/aromatic N) is 2. The lowest BCUT2D eigenvalue weighted by Crippen LogP contribution is -2.51. The molecule has 0 radical (unpaired) electrons. The second-order valence-corrected chi connectivity index (χ2v) is 10.1. The number of allylic oxidation sites excluding steroid dienone is 1. The number of amides is 3. The van der Waals surface area contributed by atoms with Crippen LogP contribution >= 0.6 is 0 Å². The Balaban J connectivity index is 1.12. The average molecular weight is 488 g/mol. The number of hydrogen-bond donors (Lipinski definition) is 1. The zero-order chi connectivity index (χ0) is 24.8. The number of carbonyl (C=O) groups is 3. The van der Waals surface area contributed by atoms with Crippen LogP contribution in [0.5, 0.6) is 5.75 Å². The summed E-state index contributed by atoms with van der Waals surface area (Å²) in [7, 11) is 0. The van der Waals surface area contributed by atoms with Gasteiger partial charge in [0.2, 0.25) is 5.91 Å². The molecular weight excluding hydrogens is 458 g/mol. The molecule has 2 aromatic rings.